The fourth-order valence-electron chi connectivity index (χ4n) is 1.39. The molecule has 0 aliphatic carbocycles. The van der Waals surface area contributed by atoms with Crippen molar-refractivity contribution in [3.63, 3.8) is 0 Å². The molecular weight excluding hydrogens is 191 g/mol. The summed E-state index contributed by atoms with van der Waals surface area (Å²) in [5.41, 5.74) is 2.24. The van der Waals surface area contributed by atoms with Gasteiger partial charge in [-0.25, -0.2) is 4.39 Å². The standard InChI is InChI=1S/C13H15FO/c1-10-8-11(2)12(13(14)9-10)6-4-3-5-7-15/h8-9,15H,3,5,7H2,1-2H3. The number of unbranched alkanes of at least 4 members (excludes halogenated alkanes) is 1. The van der Waals surface area contributed by atoms with Gasteiger partial charge in [0, 0.05) is 13.0 Å². The molecule has 1 rings (SSSR count). The van der Waals surface area contributed by atoms with E-state index in [4.69, 9.17) is 5.11 Å². The Morgan fingerprint density at radius 3 is 2.67 bits per heavy atom. The lowest BCUT2D eigenvalue weighted by molar-refractivity contribution is 0.290. The quantitative estimate of drug-likeness (QED) is 0.582. The van der Waals surface area contributed by atoms with E-state index in [0.29, 0.717) is 18.4 Å². The maximum Gasteiger partial charge on any atom is 0.139 e. The van der Waals surface area contributed by atoms with Gasteiger partial charge in [-0.05, 0) is 37.5 Å². The predicted molar refractivity (Wildman–Crippen MR) is 59.1 cm³/mol. The van der Waals surface area contributed by atoms with E-state index < -0.39 is 0 Å². The molecule has 0 bridgehead atoms. The Labute approximate surface area is 89.9 Å². The molecule has 2 heteroatoms. The Bertz CT molecular complexity index is 376. The number of hydrogen-bond acceptors (Lipinski definition) is 1. The number of rotatable bonds is 2. The third-order valence-electron chi connectivity index (χ3n) is 2.11. The topological polar surface area (TPSA) is 20.2 Å². The van der Waals surface area contributed by atoms with Gasteiger partial charge in [0.2, 0.25) is 0 Å². The Balaban J connectivity index is 2.88. The molecular formula is C13H15FO. The molecule has 0 aliphatic heterocycles. The molecule has 0 spiro atoms. The highest BCUT2D eigenvalue weighted by molar-refractivity contribution is 5.43. The second-order valence-electron chi connectivity index (χ2n) is 3.57. The summed E-state index contributed by atoms with van der Waals surface area (Å²) in [6, 6.07) is 3.40. The second-order valence-corrected chi connectivity index (χ2v) is 3.57. The van der Waals surface area contributed by atoms with Gasteiger partial charge in [-0.2, -0.15) is 0 Å². The zero-order chi connectivity index (χ0) is 11.3. The van der Waals surface area contributed by atoms with Crippen LogP contribution in [0.3, 0.4) is 0 Å². The van der Waals surface area contributed by atoms with Crippen molar-refractivity contribution < 1.29 is 9.50 Å². The summed E-state index contributed by atoms with van der Waals surface area (Å²) in [6.45, 7) is 3.84. The van der Waals surface area contributed by atoms with Crippen LogP contribution in [0.15, 0.2) is 12.1 Å². The predicted octanol–water partition coefficient (Wildman–Crippen LogP) is 2.57. The van der Waals surface area contributed by atoms with Crippen LogP contribution in [0, 0.1) is 31.5 Å². The van der Waals surface area contributed by atoms with Crippen molar-refractivity contribution in [2.75, 3.05) is 6.61 Å². The van der Waals surface area contributed by atoms with E-state index in [1.165, 1.54) is 6.07 Å². The van der Waals surface area contributed by atoms with Crippen LogP contribution in [0.25, 0.3) is 0 Å². The van der Waals surface area contributed by atoms with Crippen LogP contribution >= 0.6 is 0 Å². The van der Waals surface area contributed by atoms with Crippen molar-refractivity contribution in [2.24, 2.45) is 0 Å². The van der Waals surface area contributed by atoms with Gasteiger partial charge >= 0.3 is 0 Å². The first-order chi connectivity index (χ1) is 7.15. The zero-order valence-corrected chi connectivity index (χ0v) is 9.10. The van der Waals surface area contributed by atoms with E-state index in [1.807, 2.05) is 19.9 Å². The minimum Gasteiger partial charge on any atom is -0.396 e. The number of hydrogen-bond donors (Lipinski definition) is 1. The van der Waals surface area contributed by atoms with Gasteiger partial charge in [0.1, 0.15) is 5.82 Å². The smallest absolute Gasteiger partial charge is 0.139 e. The largest absolute Gasteiger partial charge is 0.396 e. The molecule has 0 heterocycles. The summed E-state index contributed by atoms with van der Waals surface area (Å²) in [5, 5.41) is 8.57. The molecule has 0 unspecified atom stereocenters. The normalized spacial score (nSPS) is 9.60. The average molecular weight is 206 g/mol. The van der Waals surface area contributed by atoms with Crippen LogP contribution in [-0.2, 0) is 0 Å². The van der Waals surface area contributed by atoms with Crippen LogP contribution in [-0.4, -0.2) is 11.7 Å². The van der Waals surface area contributed by atoms with Gasteiger partial charge in [0.05, 0.1) is 5.56 Å². The molecule has 1 nitrogen and oxygen atoms in total. The van der Waals surface area contributed by atoms with Crippen molar-refractivity contribution in [2.45, 2.75) is 26.7 Å². The monoisotopic (exact) mass is 206 g/mol. The Morgan fingerprint density at radius 2 is 2.07 bits per heavy atom. The minimum absolute atomic E-state index is 0.129. The molecule has 0 aromatic heterocycles. The van der Waals surface area contributed by atoms with Crippen molar-refractivity contribution in [3.05, 3.63) is 34.6 Å². The van der Waals surface area contributed by atoms with Gasteiger partial charge in [-0.15, -0.1) is 0 Å². The maximum atomic E-state index is 13.5. The molecule has 0 amide bonds. The van der Waals surface area contributed by atoms with E-state index in [9.17, 15) is 4.39 Å². The summed E-state index contributed by atoms with van der Waals surface area (Å²) in [7, 11) is 0. The third kappa shape index (κ3) is 3.38. The van der Waals surface area contributed by atoms with Crippen molar-refractivity contribution in [1.82, 2.24) is 0 Å². The summed E-state index contributed by atoms with van der Waals surface area (Å²) >= 11 is 0. The van der Waals surface area contributed by atoms with Gasteiger partial charge in [-0.1, -0.05) is 17.9 Å². The fourth-order valence-corrected chi connectivity index (χ4v) is 1.39. The molecule has 1 N–H and O–H groups in total. The van der Waals surface area contributed by atoms with Crippen molar-refractivity contribution >= 4 is 0 Å². The zero-order valence-electron chi connectivity index (χ0n) is 9.10. The molecule has 0 saturated heterocycles. The summed E-state index contributed by atoms with van der Waals surface area (Å²) in [5.74, 6) is 5.40. The molecule has 1 aromatic carbocycles. The highest BCUT2D eigenvalue weighted by Gasteiger charge is 2.03. The number of halogens is 1. The number of aliphatic hydroxyl groups is 1. The lowest BCUT2D eigenvalue weighted by Crippen LogP contribution is -1.90. The molecule has 0 atom stereocenters. The average Bonchev–Trinajstić information content (AvgIpc) is 2.15. The van der Waals surface area contributed by atoms with E-state index in [2.05, 4.69) is 11.8 Å². The Morgan fingerprint density at radius 1 is 1.33 bits per heavy atom. The number of aliphatic hydroxyl groups excluding tert-OH is 1. The molecule has 0 saturated carbocycles. The van der Waals surface area contributed by atoms with Crippen LogP contribution in [0.5, 0.6) is 0 Å². The molecule has 0 radical (unpaired) electrons. The SMILES string of the molecule is Cc1cc(C)c(C#CCCCO)c(F)c1. The summed E-state index contributed by atoms with van der Waals surface area (Å²) in [4.78, 5) is 0. The first-order valence-corrected chi connectivity index (χ1v) is 5.01. The van der Waals surface area contributed by atoms with Crippen LogP contribution < -0.4 is 0 Å². The molecule has 1 aromatic rings. The minimum atomic E-state index is -0.260. The highest BCUT2D eigenvalue weighted by Crippen LogP contribution is 2.14. The summed E-state index contributed by atoms with van der Waals surface area (Å²) in [6.07, 6.45) is 1.24. The van der Waals surface area contributed by atoms with Crippen molar-refractivity contribution in [3.8, 4) is 11.8 Å². The second kappa shape index (κ2) is 5.53. The van der Waals surface area contributed by atoms with Crippen LogP contribution in [0.1, 0.15) is 29.5 Å². The van der Waals surface area contributed by atoms with E-state index in [-0.39, 0.29) is 12.4 Å². The lowest BCUT2D eigenvalue weighted by Gasteiger charge is -2.01. The van der Waals surface area contributed by atoms with Gasteiger partial charge in [0.15, 0.2) is 0 Å². The summed E-state index contributed by atoms with van der Waals surface area (Å²) < 4.78 is 13.5. The van der Waals surface area contributed by atoms with Crippen LogP contribution in [0.2, 0.25) is 0 Å². The van der Waals surface area contributed by atoms with E-state index >= 15 is 0 Å². The van der Waals surface area contributed by atoms with E-state index in [1.54, 1.807) is 0 Å². The first-order valence-electron chi connectivity index (χ1n) is 5.01. The Hall–Kier alpha value is -1.33. The van der Waals surface area contributed by atoms with Crippen molar-refractivity contribution in [1.29, 1.82) is 0 Å². The Kier molecular flexibility index (Phi) is 4.33. The van der Waals surface area contributed by atoms with Gasteiger partial charge < -0.3 is 5.11 Å². The van der Waals surface area contributed by atoms with Gasteiger partial charge in [-0.3, -0.25) is 0 Å². The number of aryl methyl sites for hydroxylation is 2. The molecule has 0 fully saturated rings. The lowest BCUT2D eigenvalue weighted by atomic mass is 10.1. The number of benzene rings is 1. The molecule has 15 heavy (non-hydrogen) atoms. The maximum absolute atomic E-state index is 13.5. The third-order valence-corrected chi connectivity index (χ3v) is 2.11. The molecule has 80 valence electrons. The molecule has 0 aliphatic rings. The van der Waals surface area contributed by atoms with E-state index in [0.717, 1.165) is 11.1 Å². The van der Waals surface area contributed by atoms with Crippen LogP contribution in [0.4, 0.5) is 4.39 Å². The highest BCUT2D eigenvalue weighted by atomic mass is 19.1. The fraction of sp³-hybridized carbons (Fsp3) is 0.385. The first kappa shape index (κ1) is 11.7. The van der Waals surface area contributed by atoms with Gasteiger partial charge in [0.25, 0.3) is 0 Å².